The third kappa shape index (κ3) is 2.15. The Morgan fingerprint density at radius 3 is 2.64 bits per heavy atom. The third-order valence-corrected chi connectivity index (χ3v) is 9.76. The zero-order valence-electron chi connectivity index (χ0n) is 17.5. The number of esters is 1. The maximum atomic E-state index is 12.9. The van der Waals surface area contributed by atoms with Crippen LogP contribution in [-0.4, -0.2) is 40.8 Å². The molecule has 0 aromatic rings. The Kier molecular flexibility index (Phi) is 4.41. The summed E-state index contributed by atoms with van der Waals surface area (Å²) in [6.07, 6.45) is 3.50. The minimum atomic E-state index is -0.661. The smallest absolute Gasteiger partial charge is 0.332 e. The van der Waals surface area contributed by atoms with Gasteiger partial charge in [0, 0.05) is 23.2 Å². The molecule has 5 rings (SSSR count). The molecule has 0 aromatic heterocycles. The maximum Gasteiger partial charge on any atom is 0.332 e. The van der Waals surface area contributed by atoms with E-state index in [1.165, 1.54) is 0 Å². The topological polar surface area (TPSA) is 83.8 Å². The van der Waals surface area contributed by atoms with E-state index in [9.17, 15) is 19.8 Å². The number of hydrogen-bond donors (Lipinski definition) is 2. The van der Waals surface area contributed by atoms with E-state index in [4.69, 9.17) is 4.74 Å². The fourth-order valence-corrected chi connectivity index (χ4v) is 8.08. The van der Waals surface area contributed by atoms with Crippen molar-refractivity contribution in [2.75, 3.05) is 6.61 Å². The predicted molar refractivity (Wildman–Crippen MR) is 104 cm³/mol. The van der Waals surface area contributed by atoms with Crippen LogP contribution in [0.15, 0.2) is 12.7 Å². The molecule has 1 spiro atoms. The SMILES string of the molecule is C=C[C@]1(C)C[C@@H](OC(=O)CO)[C@]2(C)C(C)CC3C4C(=O)CC[C@@]3([C@@H](C)[C@@H]1O)[C@@H]42. The number of fused-ring (bicyclic) bond motifs is 1. The molecule has 5 aliphatic rings. The van der Waals surface area contributed by atoms with Gasteiger partial charge in [-0.3, -0.25) is 4.79 Å². The van der Waals surface area contributed by atoms with Crippen LogP contribution in [0.4, 0.5) is 0 Å². The average Bonchev–Trinajstić information content (AvgIpc) is 2.67. The number of aliphatic hydroxyl groups excluding tert-OH is 2. The van der Waals surface area contributed by atoms with Crippen molar-refractivity contribution >= 4 is 11.8 Å². The summed E-state index contributed by atoms with van der Waals surface area (Å²) in [6, 6.07) is 0. The van der Waals surface area contributed by atoms with E-state index in [0.717, 1.165) is 12.8 Å². The van der Waals surface area contributed by atoms with Crippen LogP contribution in [0.3, 0.4) is 0 Å². The van der Waals surface area contributed by atoms with E-state index >= 15 is 0 Å². The van der Waals surface area contributed by atoms with Crippen LogP contribution in [0.2, 0.25) is 0 Å². The molecule has 156 valence electrons. The van der Waals surface area contributed by atoms with Crippen LogP contribution >= 0.6 is 0 Å². The Morgan fingerprint density at radius 1 is 1.36 bits per heavy atom. The van der Waals surface area contributed by atoms with Gasteiger partial charge in [-0.15, -0.1) is 6.58 Å². The highest BCUT2D eigenvalue weighted by Gasteiger charge is 2.79. The summed E-state index contributed by atoms with van der Waals surface area (Å²) >= 11 is 0. The summed E-state index contributed by atoms with van der Waals surface area (Å²) in [5, 5.41) is 20.8. The van der Waals surface area contributed by atoms with Gasteiger partial charge in [0.1, 0.15) is 18.5 Å². The fraction of sp³-hybridized carbons (Fsp3) is 0.826. The van der Waals surface area contributed by atoms with Gasteiger partial charge in [0.15, 0.2) is 0 Å². The van der Waals surface area contributed by atoms with Crippen molar-refractivity contribution in [1.29, 1.82) is 0 Å². The van der Waals surface area contributed by atoms with E-state index in [1.807, 2.05) is 6.92 Å². The van der Waals surface area contributed by atoms with E-state index in [-0.39, 0.29) is 28.6 Å². The van der Waals surface area contributed by atoms with Crippen molar-refractivity contribution in [3.63, 3.8) is 0 Å². The normalized spacial score (nSPS) is 54.8. The van der Waals surface area contributed by atoms with E-state index in [2.05, 4.69) is 27.4 Å². The Morgan fingerprint density at radius 2 is 2.04 bits per heavy atom. The second kappa shape index (κ2) is 6.15. The van der Waals surface area contributed by atoms with Crippen molar-refractivity contribution in [3.8, 4) is 0 Å². The third-order valence-electron chi connectivity index (χ3n) is 9.76. The van der Waals surface area contributed by atoms with Crippen LogP contribution in [0, 0.1) is 45.8 Å². The highest BCUT2D eigenvalue weighted by atomic mass is 16.6. The molecule has 0 radical (unpaired) electrons. The molecule has 5 saturated carbocycles. The highest BCUT2D eigenvalue weighted by Crippen LogP contribution is 2.79. The second-order valence-electron chi connectivity index (χ2n) is 10.5. The van der Waals surface area contributed by atoms with Gasteiger partial charge in [-0.2, -0.15) is 0 Å². The van der Waals surface area contributed by atoms with Crippen molar-refractivity contribution in [3.05, 3.63) is 12.7 Å². The first-order valence-electron chi connectivity index (χ1n) is 10.7. The molecule has 5 bridgehead atoms. The summed E-state index contributed by atoms with van der Waals surface area (Å²) in [4.78, 5) is 25.0. The van der Waals surface area contributed by atoms with Crippen molar-refractivity contribution in [1.82, 2.24) is 0 Å². The van der Waals surface area contributed by atoms with Crippen LogP contribution in [0.25, 0.3) is 0 Å². The van der Waals surface area contributed by atoms with Crippen LogP contribution in [0.5, 0.6) is 0 Å². The number of Topliss-reactive ketones (excluding diaryl/α,β-unsaturated/α-hetero) is 1. The highest BCUT2D eigenvalue weighted by molar-refractivity contribution is 5.85. The Labute approximate surface area is 167 Å². The zero-order chi connectivity index (χ0) is 20.6. The van der Waals surface area contributed by atoms with Crippen LogP contribution < -0.4 is 0 Å². The second-order valence-corrected chi connectivity index (χ2v) is 10.5. The molecule has 0 saturated heterocycles. The molecule has 0 aliphatic heterocycles. The molecule has 0 aromatic carbocycles. The van der Waals surface area contributed by atoms with Gasteiger partial charge in [0.05, 0.1) is 6.10 Å². The van der Waals surface area contributed by atoms with E-state index in [1.54, 1.807) is 6.08 Å². The summed E-state index contributed by atoms with van der Waals surface area (Å²) in [7, 11) is 0. The van der Waals surface area contributed by atoms with Crippen molar-refractivity contribution < 1.29 is 24.5 Å². The van der Waals surface area contributed by atoms with Gasteiger partial charge in [-0.05, 0) is 48.3 Å². The summed E-state index contributed by atoms with van der Waals surface area (Å²) in [5.74, 6) is 0.504. The molecule has 5 fully saturated rings. The number of ether oxygens (including phenoxy) is 1. The van der Waals surface area contributed by atoms with Gasteiger partial charge in [0.2, 0.25) is 0 Å². The average molecular weight is 391 g/mol. The monoisotopic (exact) mass is 390 g/mol. The number of carbonyl (C=O) groups excluding carboxylic acids is 2. The number of rotatable bonds is 3. The van der Waals surface area contributed by atoms with Crippen molar-refractivity contribution in [2.45, 2.75) is 65.6 Å². The Balaban J connectivity index is 1.89. The molecular weight excluding hydrogens is 356 g/mol. The summed E-state index contributed by atoms with van der Waals surface area (Å²) in [5.41, 5.74) is -1.05. The fourth-order valence-electron chi connectivity index (χ4n) is 8.08. The molecule has 5 heteroatoms. The summed E-state index contributed by atoms with van der Waals surface area (Å²) < 4.78 is 5.85. The molecular formula is C23H34O5. The van der Waals surface area contributed by atoms with Crippen LogP contribution in [0.1, 0.15) is 53.4 Å². The lowest BCUT2D eigenvalue weighted by molar-refractivity contribution is -0.322. The lowest BCUT2D eigenvalue weighted by atomic mass is 9.25. The van der Waals surface area contributed by atoms with Gasteiger partial charge in [0.25, 0.3) is 0 Å². The predicted octanol–water partition coefficient (Wildman–Crippen LogP) is 2.74. The molecule has 2 N–H and O–H groups in total. The molecule has 0 amide bonds. The molecule has 3 unspecified atom stereocenters. The lowest BCUT2D eigenvalue weighted by Crippen LogP contribution is -2.78. The quantitative estimate of drug-likeness (QED) is 0.572. The first kappa shape index (κ1) is 20.1. The summed E-state index contributed by atoms with van der Waals surface area (Å²) in [6.45, 7) is 11.9. The molecule has 10 atom stereocenters. The maximum absolute atomic E-state index is 12.9. The molecule has 0 heterocycles. The zero-order valence-corrected chi connectivity index (χ0v) is 17.5. The first-order valence-corrected chi connectivity index (χ1v) is 10.7. The minimum Gasteiger partial charge on any atom is -0.460 e. The van der Waals surface area contributed by atoms with E-state index < -0.39 is 30.2 Å². The Hall–Kier alpha value is -1.20. The standard InChI is InChI=1S/C23H34O5/c1-6-21(4)10-16(28-17(26)11-24)22(5)12(2)9-14-18-15(25)7-8-23(14,19(18)22)13(3)20(21)27/h6,12-14,16,18-20,24,27H,1,7-11H2,2-5H3/t12?,13-,14?,16+,18?,19-,20-,21+,22-,23-/m0/s1. The number of aliphatic hydroxyl groups is 2. The van der Waals surface area contributed by atoms with Gasteiger partial charge in [-0.25, -0.2) is 4.79 Å². The van der Waals surface area contributed by atoms with Gasteiger partial charge < -0.3 is 14.9 Å². The number of carbonyl (C=O) groups is 2. The first-order chi connectivity index (χ1) is 13.1. The van der Waals surface area contributed by atoms with Crippen molar-refractivity contribution in [2.24, 2.45) is 45.8 Å². The number of ketones is 1. The lowest BCUT2D eigenvalue weighted by Gasteiger charge is -2.78. The van der Waals surface area contributed by atoms with E-state index in [0.29, 0.717) is 30.5 Å². The largest absolute Gasteiger partial charge is 0.460 e. The molecule has 28 heavy (non-hydrogen) atoms. The Bertz CT molecular complexity index is 718. The van der Waals surface area contributed by atoms with Gasteiger partial charge in [-0.1, -0.05) is 33.8 Å². The number of hydrogen-bond acceptors (Lipinski definition) is 5. The van der Waals surface area contributed by atoms with Gasteiger partial charge >= 0.3 is 5.97 Å². The minimum absolute atomic E-state index is 0.0213. The molecule has 5 nitrogen and oxygen atoms in total. The molecule has 5 aliphatic carbocycles. The van der Waals surface area contributed by atoms with Crippen LogP contribution in [-0.2, 0) is 14.3 Å².